The van der Waals surface area contributed by atoms with Crippen LogP contribution in [0.15, 0.2) is 41.0 Å². The second-order valence-electron chi connectivity index (χ2n) is 4.41. The molecule has 0 unspecified atom stereocenters. The van der Waals surface area contributed by atoms with Crippen molar-refractivity contribution in [2.75, 3.05) is 17.2 Å². The van der Waals surface area contributed by atoms with Gasteiger partial charge in [-0.25, -0.2) is 4.39 Å². The van der Waals surface area contributed by atoms with Crippen molar-refractivity contribution in [2.24, 2.45) is 0 Å². The molecule has 2 aromatic rings. The second-order valence-corrected chi connectivity index (χ2v) is 5.26. The smallest absolute Gasteiger partial charge is 0.274 e. The summed E-state index contributed by atoms with van der Waals surface area (Å²) < 4.78 is 14.2. The minimum atomic E-state index is -0.502. The van der Waals surface area contributed by atoms with Crippen molar-refractivity contribution in [3.8, 4) is 0 Å². The summed E-state index contributed by atoms with van der Waals surface area (Å²) in [6.45, 7) is 2.86. The van der Waals surface area contributed by atoms with Crippen molar-refractivity contribution in [1.29, 1.82) is 0 Å². The van der Waals surface area contributed by atoms with Gasteiger partial charge in [0.2, 0.25) is 0 Å². The highest BCUT2D eigenvalue weighted by Gasteiger charge is 2.13. The summed E-state index contributed by atoms with van der Waals surface area (Å²) in [4.78, 5) is 16.2. The van der Waals surface area contributed by atoms with E-state index in [0.29, 0.717) is 4.47 Å². The number of anilines is 2. The molecule has 6 heteroatoms. The number of nitrogens with one attached hydrogen (secondary N) is 2. The van der Waals surface area contributed by atoms with Crippen LogP contribution >= 0.6 is 15.9 Å². The molecular formula is C15H15BrFN3O. The van der Waals surface area contributed by atoms with Gasteiger partial charge in [0.25, 0.3) is 5.91 Å². The number of nitrogens with zero attached hydrogens (tertiary/aromatic N) is 1. The lowest BCUT2D eigenvalue weighted by Gasteiger charge is -2.09. The van der Waals surface area contributed by atoms with Crippen LogP contribution in [-0.4, -0.2) is 17.4 Å². The first kappa shape index (κ1) is 15.4. The minimum Gasteiger partial charge on any atom is -0.385 e. The number of rotatable bonds is 5. The number of amides is 1. The number of para-hydroxylation sites is 1. The maximum Gasteiger partial charge on any atom is 0.274 e. The minimum absolute atomic E-state index is 0.108. The second kappa shape index (κ2) is 7.17. The number of halogens is 2. The van der Waals surface area contributed by atoms with Gasteiger partial charge in [0.15, 0.2) is 0 Å². The van der Waals surface area contributed by atoms with E-state index in [0.717, 1.165) is 18.7 Å². The first-order valence-corrected chi connectivity index (χ1v) is 7.36. The van der Waals surface area contributed by atoms with Gasteiger partial charge < -0.3 is 10.6 Å². The third-order valence-electron chi connectivity index (χ3n) is 2.77. The largest absolute Gasteiger partial charge is 0.385 e. The maximum atomic E-state index is 13.7. The van der Waals surface area contributed by atoms with Crippen LogP contribution in [0.1, 0.15) is 23.8 Å². The molecule has 0 aliphatic rings. The van der Waals surface area contributed by atoms with Crippen molar-refractivity contribution >= 4 is 33.2 Å². The lowest BCUT2D eigenvalue weighted by molar-refractivity contribution is 0.102. The van der Waals surface area contributed by atoms with E-state index in [1.807, 2.05) is 0 Å². The first-order valence-electron chi connectivity index (χ1n) is 6.57. The van der Waals surface area contributed by atoms with Gasteiger partial charge in [0.1, 0.15) is 11.5 Å². The molecule has 1 aromatic carbocycles. The summed E-state index contributed by atoms with van der Waals surface area (Å²) in [5.41, 5.74) is 1.15. The summed E-state index contributed by atoms with van der Waals surface area (Å²) in [5, 5.41) is 5.70. The van der Waals surface area contributed by atoms with Crippen LogP contribution in [0.4, 0.5) is 15.8 Å². The molecule has 0 aliphatic carbocycles. The van der Waals surface area contributed by atoms with Gasteiger partial charge in [-0.1, -0.05) is 13.0 Å². The fraction of sp³-hybridized carbons (Fsp3) is 0.200. The number of aromatic nitrogens is 1. The Kier molecular flexibility index (Phi) is 5.27. The molecule has 0 saturated heterocycles. The van der Waals surface area contributed by atoms with E-state index in [1.54, 1.807) is 30.5 Å². The van der Waals surface area contributed by atoms with Crippen molar-refractivity contribution in [3.63, 3.8) is 0 Å². The first-order chi connectivity index (χ1) is 10.1. The topological polar surface area (TPSA) is 54.0 Å². The number of carbonyl (C=O) groups is 1. The number of hydrogen-bond donors (Lipinski definition) is 2. The predicted octanol–water partition coefficient (Wildman–Crippen LogP) is 4.06. The van der Waals surface area contributed by atoms with Crippen molar-refractivity contribution in [2.45, 2.75) is 13.3 Å². The van der Waals surface area contributed by atoms with Gasteiger partial charge in [-0.2, -0.15) is 0 Å². The molecule has 0 saturated carbocycles. The molecule has 4 nitrogen and oxygen atoms in total. The van der Waals surface area contributed by atoms with E-state index < -0.39 is 11.7 Å². The van der Waals surface area contributed by atoms with Gasteiger partial charge in [-0.15, -0.1) is 0 Å². The molecule has 0 aliphatic heterocycles. The van der Waals surface area contributed by atoms with Crippen LogP contribution in [-0.2, 0) is 0 Å². The Morgan fingerprint density at radius 1 is 1.38 bits per heavy atom. The SMILES string of the molecule is CCCNc1ccnc(C(=O)Nc2c(F)cccc2Br)c1. The van der Waals surface area contributed by atoms with E-state index in [9.17, 15) is 9.18 Å². The number of carbonyl (C=O) groups excluding carboxylic acids is 1. The maximum absolute atomic E-state index is 13.7. The summed E-state index contributed by atoms with van der Waals surface area (Å²) in [7, 11) is 0. The number of hydrogen-bond acceptors (Lipinski definition) is 3. The highest BCUT2D eigenvalue weighted by atomic mass is 79.9. The van der Waals surface area contributed by atoms with E-state index in [1.165, 1.54) is 6.07 Å². The molecular weight excluding hydrogens is 337 g/mol. The molecule has 0 atom stereocenters. The number of pyridine rings is 1. The molecule has 0 radical (unpaired) electrons. The van der Waals surface area contributed by atoms with Crippen molar-refractivity contribution in [3.05, 3.63) is 52.5 Å². The molecule has 2 N–H and O–H groups in total. The Bertz CT molecular complexity index is 628. The molecule has 21 heavy (non-hydrogen) atoms. The Morgan fingerprint density at radius 3 is 2.90 bits per heavy atom. The van der Waals surface area contributed by atoms with Gasteiger partial charge in [-0.05, 0) is 46.6 Å². The third kappa shape index (κ3) is 4.01. The summed E-state index contributed by atoms with van der Waals surface area (Å²) in [6.07, 6.45) is 2.52. The van der Waals surface area contributed by atoms with Gasteiger partial charge in [0, 0.05) is 22.9 Å². The lowest BCUT2D eigenvalue weighted by atomic mass is 10.2. The molecule has 0 fully saturated rings. The monoisotopic (exact) mass is 351 g/mol. The van der Waals surface area contributed by atoms with E-state index >= 15 is 0 Å². The molecule has 1 aromatic heterocycles. The molecule has 1 heterocycles. The van der Waals surface area contributed by atoms with Crippen molar-refractivity contribution in [1.82, 2.24) is 4.98 Å². The van der Waals surface area contributed by atoms with Crippen LogP contribution in [0.5, 0.6) is 0 Å². The van der Waals surface area contributed by atoms with Crippen molar-refractivity contribution < 1.29 is 9.18 Å². The number of benzene rings is 1. The van der Waals surface area contributed by atoms with Crippen LogP contribution in [0.3, 0.4) is 0 Å². The Hall–Kier alpha value is -1.95. The quantitative estimate of drug-likeness (QED) is 0.853. The zero-order chi connectivity index (χ0) is 15.2. The summed E-state index contributed by atoms with van der Waals surface area (Å²) >= 11 is 3.21. The van der Waals surface area contributed by atoms with Crippen LogP contribution in [0.25, 0.3) is 0 Å². The highest BCUT2D eigenvalue weighted by Crippen LogP contribution is 2.25. The average molecular weight is 352 g/mol. The standard InChI is InChI=1S/C15H15BrFN3O/c1-2-7-18-10-6-8-19-13(9-10)15(21)20-14-11(16)4-3-5-12(14)17/h3-6,8-9H,2,7H2,1H3,(H,18,19)(H,20,21). The van der Waals surface area contributed by atoms with Crippen LogP contribution in [0, 0.1) is 5.82 Å². The van der Waals surface area contributed by atoms with Gasteiger partial charge in [-0.3, -0.25) is 9.78 Å². The Labute approximate surface area is 130 Å². The molecule has 0 spiro atoms. The molecule has 2 rings (SSSR count). The average Bonchev–Trinajstić information content (AvgIpc) is 2.49. The van der Waals surface area contributed by atoms with Gasteiger partial charge in [0.05, 0.1) is 5.69 Å². The Morgan fingerprint density at radius 2 is 2.19 bits per heavy atom. The van der Waals surface area contributed by atoms with E-state index in [2.05, 4.69) is 38.5 Å². The molecule has 110 valence electrons. The zero-order valence-electron chi connectivity index (χ0n) is 11.5. The zero-order valence-corrected chi connectivity index (χ0v) is 13.1. The predicted molar refractivity (Wildman–Crippen MR) is 85.1 cm³/mol. The third-order valence-corrected chi connectivity index (χ3v) is 3.43. The summed E-state index contributed by atoms with van der Waals surface area (Å²) in [6, 6.07) is 7.92. The molecule has 1 amide bonds. The summed E-state index contributed by atoms with van der Waals surface area (Å²) in [5.74, 6) is -0.959. The lowest BCUT2D eigenvalue weighted by Crippen LogP contribution is -2.15. The molecule has 0 bridgehead atoms. The van der Waals surface area contributed by atoms with E-state index in [-0.39, 0.29) is 11.4 Å². The Balaban J connectivity index is 2.17. The van der Waals surface area contributed by atoms with E-state index in [4.69, 9.17) is 0 Å². The van der Waals surface area contributed by atoms with Gasteiger partial charge >= 0.3 is 0 Å². The normalized spacial score (nSPS) is 10.2. The van der Waals surface area contributed by atoms with Crippen LogP contribution in [0.2, 0.25) is 0 Å². The fourth-order valence-corrected chi connectivity index (χ4v) is 2.17. The highest BCUT2D eigenvalue weighted by molar-refractivity contribution is 9.10. The van der Waals surface area contributed by atoms with Crippen LogP contribution < -0.4 is 10.6 Å². The fourth-order valence-electron chi connectivity index (χ4n) is 1.73.